The van der Waals surface area contributed by atoms with E-state index in [-0.39, 0.29) is 0 Å². The Balaban J connectivity index is 2.45. The van der Waals surface area contributed by atoms with Crippen molar-refractivity contribution in [1.29, 1.82) is 0 Å². The monoisotopic (exact) mass is 225 g/mol. The molecule has 2 heteroatoms. The number of benzene rings is 2. The van der Waals surface area contributed by atoms with Gasteiger partial charge in [-0.15, -0.1) is 0 Å². The SMILES string of the molecule is Cc1c2ccccc2nc2cc(CF)ccc12. The fourth-order valence-electron chi connectivity index (χ4n) is 2.23. The first-order valence-electron chi connectivity index (χ1n) is 5.63. The summed E-state index contributed by atoms with van der Waals surface area (Å²) in [4.78, 5) is 4.58. The van der Waals surface area contributed by atoms with Crippen molar-refractivity contribution in [2.45, 2.75) is 13.6 Å². The third kappa shape index (κ3) is 1.57. The first-order chi connectivity index (χ1) is 8.29. The molecule has 0 fully saturated rings. The maximum atomic E-state index is 12.6. The highest BCUT2D eigenvalue weighted by Gasteiger charge is 2.05. The van der Waals surface area contributed by atoms with E-state index in [0.717, 1.165) is 21.8 Å². The molecule has 3 aromatic rings. The van der Waals surface area contributed by atoms with E-state index >= 15 is 0 Å². The zero-order chi connectivity index (χ0) is 11.8. The molecule has 0 bridgehead atoms. The van der Waals surface area contributed by atoms with Crippen LogP contribution in [0.3, 0.4) is 0 Å². The number of pyridine rings is 1. The minimum absolute atomic E-state index is 0.441. The van der Waals surface area contributed by atoms with E-state index in [0.29, 0.717) is 5.56 Å². The molecule has 0 aliphatic carbocycles. The number of fused-ring (bicyclic) bond motifs is 2. The van der Waals surface area contributed by atoms with E-state index in [1.165, 1.54) is 5.56 Å². The molecule has 0 aliphatic heterocycles. The maximum absolute atomic E-state index is 12.6. The lowest BCUT2D eigenvalue weighted by Crippen LogP contribution is -1.89. The summed E-state index contributed by atoms with van der Waals surface area (Å²) in [5.74, 6) is 0. The third-order valence-electron chi connectivity index (χ3n) is 3.17. The van der Waals surface area contributed by atoms with Crippen LogP contribution in [0.15, 0.2) is 42.5 Å². The molecule has 2 aromatic carbocycles. The lowest BCUT2D eigenvalue weighted by atomic mass is 10.0. The molecule has 0 atom stereocenters. The summed E-state index contributed by atoms with van der Waals surface area (Å²) in [6.45, 7) is 1.64. The minimum atomic E-state index is -0.441. The summed E-state index contributed by atoms with van der Waals surface area (Å²) in [5.41, 5.74) is 3.72. The molecular formula is C15H12FN. The number of para-hydroxylation sites is 1. The Bertz CT molecular complexity index is 704. The molecule has 0 amide bonds. The van der Waals surface area contributed by atoms with Crippen LogP contribution < -0.4 is 0 Å². The van der Waals surface area contributed by atoms with Crippen LogP contribution in [0.4, 0.5) is 4.39 Å². The second-order valence-electron chi connectivity index (χ2n) is 4.24. The number of rotatable bonds is 1. The average molecular weight is 225 g/mol. The van der Waals surface area contributed by atoms with Crippen LogP contribution in [0.25, 0.3) is 21.8 Å². The molecular weight excluding hydrogens is 213 g/mol. The number of alkyl halides is 1. The Hall–Kier alpha value is -1.96. The number of nitrogens with zero attached hydrogens (tertiary/aromatic N) is 1. The van der Waals surface area contributed by atoms with Crippen molar-refractivity contribution in [2.75, 3.05) is 0 Å². The summed E-state index contributed by atoms with van der Waals surface area (Å²) < 4.78 is 12.6. The number of halogens is 1. The van der Waals surface area contributed by atoms with E-state index in [1.54, 1.807) is 0 Å². The maximum Gasteiger partial charge on any atom is 0.115 e. The van der Waals surface area contributed by atoms with Crippen molar-refractivity contribution < 1.29 is 4.39 Å². The van der Waals surface area contributed by atoms with Crippen LogP contribution in [0.2, 0.25) is 0 Å². The Morgan fingerprint density at radius 1 is 1.00 bits per heavy atom. The van der Waals surface area contributed by atoms with Gasteiger partial charge in [0.25, 0.3) is 0 Å². The van der Waals surface area contributed by atoms with Gasteiger partial charge in [-0.05, 0) is 30.2 Å². The van der Waals surface area contributed by atoms with Crippen molar-refractivity contribution in [3.63, 3.8) is 0 Å². The first-order valence-corrected chi connectivity index (χ1v) is 5.63. The van der Waals surface area contributed by atoms with Crippen LogP contribution in [-0.4, -0.2) is 4.98 Å². The summed E-state index contributed by atoms with van der Waals surface area (Å²) in [6.07, 6.45) is 0. The average Bonchev–Trinajstić information content (AvgIpc) is 2.38. The second kappa shape index (κ2) is 3.81. The van der Waals surface area contributed by atoms with Gasteiger partial charge in [0.15, 0.2) is 0 Å². The Morgan fingerprint density at radius 2 is 1.76 bits per heavy atom. The summed E-state index contributed by atoms with van der Waals surface area (Å²) in [7, 11) is 0. The van der Waals surface area contributed by atoms with Gasteiger partial charge in [-0.3, -0.25) is 0 Å². The predicted octanol–water partition coefficient (Wildman–Crippen LogP) is 4.17. The van der Waals surface area contributed by atoms with E-state index in [4.69, 9.17) is 0 Å². The largest absolute Gasteiger partial charge is 0.248 e. The molecule has 0 N–H and O–H groups in total. The third-order valence-corrected chi connectivity index (χ3v) is 3.17. The summed E-state index contributed by atoms with van der Waals surface area (Å²) in [5, 5.41) is 2.26. The normalized spacial score (nSPS) is 11.2. The molecule has 1 aromatic heterocycles. The van der Waals surface area contributed by atoms with Gasteiger partial charge in [0.2, 0.25) is 0 Å². The summed E-state index contributed by atoms with van der Waals surface area (Å²) in [6, 6.07) is 13.7. The second-order valence-corrected chi connectivity index (χ2v) is 4.24. The fourth-order valence-corrected chi connectivity index (χ4v) is 2.23. The van der Waals surface area contributed by atoms with Gasteiger partial charge in [-0.25, -0.2) is 9.37 Å². The molecule has 0 unspecified atom stereocenters. The topological polar surface area (TPSA) is 12.9 Å². The molecule has 17 heavy (non-hydrogen) atoms. The molecule has 0 saturated carbocycles. The smallest absolute Gasteiger partial charge is 0.115 e. The van der Waals surface area contributed by atoms with E-state index in [1.807, 2.05) is 36.4 Å². The van der Waals surface area contributed by atoms with Gasteiger partial charge < -0.3 is 0 Å². The fraction of sp³-hybridized carbons (Fsp3) is 0.133. The Labute approximate surface area is 98.9 Å². The van der Waals surface area contributed by atoms with Crippen LogP contribution in [0.1, 0.15) is 11.1 Å². The standard InChI is InChI=1S/C15H12FN/c1-10-12-4-2-3-5-14(12)17-15-8-11(9-16)6-7-13(10)15/h2-8H,9H2,1H3. The predicted molar refractivity (Wildman–Crippen MR) is 68.8 cm³/mol. The number of aromatic nitrogens is 1. The summed E-state index contributed by atoms with van der Waals surface area (Å²) >= 11 is 0. The molecule has 1 heterocycles. The van der Waals surface area contributed by atoms with Gasteiger partial charge in [-0.2, -0.15) is 0 Å². The quantitative estimate of drug-likeness (QED) is 0.566. The zero-order valence-corrected chi connectivity index (χ0v) is 9.57. The minimum Gasteiger partial charge on any atom is -0.248 e. The van der Waals surface area contributed by atoms with Crippen LogP contribution in [-0.2, 0) is 6.67 Å². The Kier molecular flexibility index (Phi) is 2.29. The molecule has 0 radical (unpaired) electrons. The van der Waals surface area contributed by atoms with Crippen LogP contribution >= 0.6 is 0 Å². The van der Waals surface area contributed by atoms with Gasteiger partial charge in [0.05, 0.1) is 11.0 Å². The van der Waals surface area contributed by atoms with Crippen molar-refractivity contribution in [3.8, 4) is 0 Å². The first kappa shape index (κ1) is 10.2. The van der Waals surface area contributed by atoms with Gasteiger partial charge in [-0.1, -0.05) is 30.3 Å². The van der Waals surface area contributed by atoms with E-state index < -0.39 is 6.67 Å². The van der Waals surface area contributed by atoms with Crippen molar-refractivity contribution in [3.05, 3.63) is 53.6 Å². The highest BCUT2D eigenvalue weighted by Crippen LogP contribution is 2.25. The van der Waals surface area contributed by atoms with E-state index in [9.17, 15) is 4.39 Å². The molecule has 3 rings (SSSR count). The zero-order valence-electron chi connectivity index (χ0n) is 9.57. The lowest BCUT2D eigenvalue weighted by molar-refractivity contribution is 0.485. The van der Waals surface area contributed by atoms with Crippen molar-refractivity contribution in [2.24, 2.45) is 0 Å². The van der Waals surface area contributed by atoms with Crippen molar-refractivity contribution in [1.82, 2.24) is 4.98 Å². The highest BCUT2D eigenvalue weighted by atomic mass is 19.1. The molecule has 0 saturated heterocycles. The highest BCUT2D eigenvalue weighted by molar-refractivity contribution is 5.97. The molecule has 0 aliphatic rings. The van der Waals surface area contributed by atoms with Crippen LogP contribution in [0.5, 0.6) is 0 Å². The number of hydrogen-bond acceptors (Lipinski definition) is 1. The Morgan fingerprint density at radius 3 is 2.59 bits per heavy atom. The van der Waals surface area contributed by atoms with E-state index in [2.05, 4.69) is 18.0 Å². The lowest BCUT2D eigenvalue weighted by Gasteiger charge is -2.07. The number of aryl methyl sites for hydroxylation is 1. The van der Waals surface area contributed by atoms with Crippen LogP contribution in [0, 0.1) is 6.92 Å². The van der Waals surface area contributed by atoms with Gasteiger partial charge in [0.1, 0.15) is 6.67 Å². The van der Waals surface area contributed by atoms with Gasteiger partial charge in [0, 0.05) is 10.8 Å². The molecule has 84 valence electrons. The number of hydrogen-bond donors (Lipinski definition) is 0. The van der Waals surface area contributed by atoms with Gasteiger partial charge >= 0.3 is 0 Å². The molecule has 0 spiro atoms. The molecule has 1 nitrogen and oxygen atoms in total. The van der Waals surface area contributed by atoms with Crippen molar-refractivity contribution >= 4 is 21.8 Å².